The van der Waals surface area contributed by atoms with Gasteiger partial charge in [-0.3, -0.25) is 9.69 Å². The van der Waals surface area contributed by atoms with E-state index in [1.807, 2.05) is 17.0 Å². The number of nitrogens with zero attached hydrogens (tertiary/aromatic N) is 1. The SMILES string of the molecule is CC(C(=O)O)N(CCOc1cccc(Cl)c1)C1CC1. The van der Waals surface area contributed by atoms with Crippen molar-refractivity contribution in [3.8, 4) is 5.75 Å². The first-order valence-electron chi connectivity index (χ1n) is 6.45. The van der Waals surface area contributed by atoms with Gasteiger partial charge in [0, 0.05) is 17.6 Å². The van der Waals surface area contributed by atoms with Crippen LogP contribution in [0.3, 0.4) is 0 Å². The zero-order chi connectivity index (χ0) is 13.8. The predicted octanol–water partition coefficient (Wildman–Crippen LogP) is 2.66. The van der Waals surface area contributed by atoms with E-state index in [2.05, 4.69) is 0 Å². The van der Waals surface area contributed by atoms with Crippen LogP contribution in [-0.4, -0.2) is 41.2 Å². The molecular weight excluding hydrogens is 266 g/mol. The quantitative estimate of drug-likeness (QED) is 0.836. The molecule has 5 heteroatoms. The number of carboxylic acid groups (broad SMARTS) is 1. The highest BCUT2D eigenvalue weighted by molar-refractivity contribution is 6.30. The fourth-order valence-electron chi connectivity index (χ4n) is 2.07. The van der Waals surface area contributed by atoms with E-state index in [4.69, 9.17) is 21.4 Å². The molecule has 1 saturated carbocycles. The highest BCUT2D eigenvalue weighted by atomic mass is 35.5. The summed E-state index contributed by atoms with van der Waals surface area (Å²) in [6.07, 6.45) is 2.16. The van der Waals surface area contributed by atoms with Crippen molar-refractivity contribution in [2.75, 3.05) is 13.2 Å². The van der Waals surface area contributed by atoms with Crippen LogP contribution in [0, 0.1) is 0 Å². The van der Waals surface area contributed by atoms with Crippen LogP contribution < -0.4 is 4.74 Å². The molecule has 1 N–H and O–H groups in total. The third-order valence-corrected chi connectivity index (χ3v) is 3.52. The summed E-state index contributed by atoms with van der Waals surface area (Å²) in [4.78, 5) is 13.0. The minimum absolute atomic E-state index is 0.397. The summed E-state index contributed by atoms with van der Waals surface area (Å²) >= 11 is 5.87. The second kappa shape index (κ2) is 6.26. The molecule has 104 valence electrons. The van der Waals surface area contributed by atoms with Gasteiger partial charge < -0.3 is 9.84 Å². The van der Waals surface area contributed by atoms with Gasteiger partial charge in [-0.25, -0.2) is 0 Å². The van der Waals surface area contributed by atoms with Crippen molar-refractivity contribution in [1.82, 2.24) is 4.90 Å². The molecule has 0 radical (unpaired) electrons. The summed E-state index contributed by atoms with van der Waals surface area (Å²) in [5, 5.41) is 9.72. The fourth-order valence-corrected chi connectivity index (χ4v) is 2.25. The molecule has 1 fully saturated rings. The molecule has 0 aliphatic heterocycles. The molecule has 1 atom stereocenters. The maximum Gasteiger partial charge on any atom is 0.320 e. The first-order chi connectivity index (χ1) is 9.08. The van der Waals surface area contributed by atoms with Crippen LogP contribution >= 0.6 is 11.6 Å². The molecule has 0 saturated heterocycles. The standard InChI is InChI=1S/C14H18ClNO3/c1-10(14(17)18)16(12-5-6-12)7-8-19-13-4-2-3-11(15)9-13/h2-4,9-10,12H,5-8H2,1H3,(H,17,18). The Morgan fingerprint density at radius 1 is 1.58 bits per heavy atom. The van der Waals surface area contributed by atoms with Crippen molar-refractivity contribution in [2.45, 2.75) is 31.8 Å². The summed E-state index contributed by atoms with van der Waals surface area (Å²) in [5.74, 6) is -0.0686. The van der Waals surface area contributed by atoms with Crippen molar-refractivity contribution >= 4 is 17.6 Å². The third-order valence-electron chi connectivity index (χ3n) is 3.29. The van der Waals surface area contributed by atoms with Gasteiger partial charge in [-0.05, 0) is 38.0 Å². The topological polar surface area (TPSA) is 49.8 Å². The van der Waals surface area contributed by atoms with Crippen LogP contribution in [-0.2, 0) is 4.79 Å². The van der Waals surface area contributed by atoms with E-state index in [9.17, 15) is 4.79 Å². The van der Waals surface area contributed by atoms with E-state index >= 15 is 0 Å². The number of ether oxygens (including phenoxy) is 1. The molecule has 1 unspecified atom stereocenters. The molecule has 1 aromatic rings. The van der Waals surface area contributed by atoms with Crippen LogP contribution in [0.1, 0.15) is 19.8 Å². The number of benzene rings is 1. The first kappa shape index (κ1) is 14.2. The molecule has 0 aromatic heterocycles. The fraction of sp³-hybridized carbons (Fsp3) is 0.500. The Bertz CT molecular complexity index is 448. The van der Waals surface area contributed by atoms with Gasteiger partial charge >= 0.3 is 5.97 Å². The average Bonchev–Trinajstić information content (AvgIpc) is 3.18. The number of halogens is 1. The monoisotopic (exact) mass is 283 g/mol. The molecule has 1 aliphatic rings. The molecule has 0 bridgehead atoms. The third kappa shape index (κ3) is 4.11. The lowest BCUT2D eigenvalue weighted by Gasteiger charge is -2.25. The lowest BCUT2D eigenvalue weighted by molar-refractivity contribution is -0.143. The minimum atomic E-state index is -0.783. The number of hydrogen-bond donors (Lipinski definition) is 1. The summed E-state index contributed by atoms with van der Waals surface area (Å²) in [6.45, 7) is 2.80. The van der Waals surface area contributed by atoms with E-state index in [0.717, 1.165) is 12.8 Å². The van der Waals surface area contributed by atoms with Gasteiger partial charge in [0.15, 0.2) is 0 Å². The van der Waals surface area contributed by atoms with Gasteiger partial charge in [-0.1, -0.05) is 17.7 Å². The zero-order valence-corrected chi connectivity index (χ0v) is 11.6. The Morgan fingerprint density at radius 3 is 2.89 bits per heavy atom. The molecule has 1 aromatic carbocycles. The van der Waals surface area contributed by atoms with E-state index in [-0.39, 0.29) is 0 Å². The molecule has 19 heavy (non-hydrogen) atoms. The Hall–Kier alpha value is -1.26. The Kier molecular flexibility index (Phi) is 4.66. The minimum Gasteiger partial charge on any atom is -0.492 e. The number of carbonyl (C=O) groups is 1. The van der Waals surface area contributed by atoms with E-state index in [1.165, 1.54) is 0 Å². The molecule has 0 heterocycles. The van der Waals surface area contributed by atoms with E-state index < -0.39 is 12.0 Å². The number of carboxylic acids is 1. The Balaban J connectivity index is 1.84. The van der Waals surface area contributed by atoms with Crippen molar-refractivity contribution in [3.63, 3.8) is 0 Å². The van der Waals surface area contributed by atoms with Crippen LogP contribution in [0.2, 0.25) is 5.02 Å². The molecular formula is C14H18ClNO3. The second-order valence-corrected chi connectivity index (χ2v) is 5.23. The maximum absolute atomic E-state index is 11.1. The zero-order valence-electron chi connectivity index (χ0n) is 10.9. The van der Waals surface area contributed by atoms with Gasteiger partial charge in [-0.2, -0.15) is 0 Å². The van der Waals surface area contributed by atoms with Gasteiger partial charge in [0.1, 0.15) is 18.4 Å². The van der Waals surface area contributed by atoms with Crippen molar-refractivity contribution in [3.05, 3.63) is 29.3 Å². The number of aliphatic carboxylic acids is 1. The van der Waals surface area contributed by atoms with Crippen LogP contribution in [0.4, 0.5) is 0 Å². The normalized spacial score (nSPS) is 16.4. The van der Waals surface area contributed by atoms with E-state index in [1.54, 1.807) is 19.1 Å². The second-order valence-electron chi connectivity index (χ2n) is 4.79. The Labute approximate surface area is 117 Å². The summed E-state index contributed by atoms with van der Waals surface area (Å²) in [7, 11) is 0. The first-order valence-corrected chi connectivity index (χ1v) is 6.82. The summed E-state index contributed by atoms with van der Waals surface area (Å²) < 4.78 is 5.61. The van der Waals surface area contributed by atoms with Crippen LogP contribution in [0.5, 0.6) is 5.75 Å². The number of rotatable bonds is 7. The molecule has 2 rings (SSSR count). The molecule has 4 nitrogen and oxygen atoms in total. The molecule has 0 amide bonds. The lowest BCUT2D eigenvalue weighted by atomic mass is 10.2. The predicted molar refractivity (Wildman–Crippen MR) is 73.8 cm³/mol. The smallest absolute Gasteiger partial charge is 0.320 e. The molecule has 1 aliphatic carbocycles. The highest BCUT2D eigenvalue weighted by Crippen LogP contribution is 2.28. The maximum atomic E-state index is 11.1. The van der Waals surface area contributed by atoms with Crippen LogP contribution in [0.25, 0.3) is 0 Å². The molecule has 0 spiro atoms. The van der Waals surface area contributed by atoms with Gasteiger partial charge in [0.05, 0.1) is 0 Å². The lowest BCUT2D eigenvalue weighted by Crippen LogP contribution is -2.42. The van der Waals surface area contributed by atoms with E-state index in [0.29, 0.717) is 30.0 Å². The van der Waals surface area contributed by atoms with Gasteiger partial charge in [0.2, 0.25) is 0 Å². The highest BCUT2D eigenvalue weighted by Gasteiger charge is 2.34. The number of hydrogen-bond acceptors (Lipinski definition) is 3. The Morgan fingerprint density at radius 2 is 2.32 bits per heavy atom. The van der Waals surface area contributed by atoms with Crippen LogP contribution in [0.15, 0.2) is 24.3 Å². The van der Waals surface area contributed by atoms with Gasteiger partial charge in [-0.15, -0.1) is 0 Å². The van der Waals surface area contributed by atoms with Crippen molar-refractivity contribution < 1.29 is 14.6 Å². The summed E-state index contributed by atoms with van der Waals surface area (Å²) in [6, 6.07) is 7.15. The largest absolute Gasteiger partial charge is 0.492 e. The van der Waals surface area contributed by atoms with Crippen molar-refractivity contribution in [1.29, 1.82) is 0 Å². The summed E-state index contributed by atoms with van der Waals surface area (Å²) in [5.41, 5.74) is 0. The average molecular weight is 284 g/mol. The van der Waals surface area contributed by atoms with Gasteiger partial charge in [0.25, 0.3) is 0 Å². The van der Waals surface area contributed by atoms with Crippen molar-refractivity contribution in [2.24, 2.45) is 0 Å².